The topological polar surface area (TPSA) is 26.3 Å². The molecule has 1 aliphatic rings. The number of unbranched alkanes of at least 4 members (excludes halogenated alkanes) is 3. The van der Waals surface area contributed by atoms with Crippen LogP contribution in [-0.4, -0.2) is 43.2 Å². The highest BCUT2D eigenvalue weighted by atomic mass is 35.5. The van der Waals surface area contributed by atoms with E-state index in [-0.39, 0.29) is 18.4 Å². The van der Waals surface area contributed by atoms with Crippen LogP contribution in [0, 0.1) is 0 Å². The van der Waals surface area contributed by atoms with Gasteiger partial charge in [0.15, 0.2) is 6.54 Å². The number of nitrogens with zero attached hydrogens (tertiary/aromatic N) is 1. The number of hydrogen-bond acceptors (Lipinski definition) is 2. The largest absolute Gasteiger partial charge is 1.00 e. The maximum Gasteiger partial charge on any atom is 0.361 e. The third kappa shape index (κ3) is 9.55. The lowest BCUT2D eigenvalue weighted by Gasteiger charge is -2.40. The fourth-order valence-electron chi connectivity index (χ4n) is 3.99. The van der Waals surface area contributed by atoms with E-state index in [0.717, 1.165) is 54.0 Å². The first kappa shape index (κ1) is 26.0. The summed E-state index contributed by atoms with van der Waals surface area (Å²) in [5.74, 6) is -0.0319. The van der Waals surface area contributed by atoms with Crippen molar-refractivity contribution >= 4 is 17.6 Å². The monoisotopic (exact) mass is 441 g/mol. The lowest BCUT2D eigenvalue weighted by molar-refractivity contribution is -0.920. The van der Waals surface area contributed by atoms with Crippen molar-refractivity contribution in [1.29, 1.82) is 0 Å². The van der Waals surface area contributed by atoms with Crippen LogP contribution in [0.25, 0.3) is 0 Å². The molecule has 0 saturated carbocycles. The Labute approximate surface area is 188 Å². The van der Waals surface area contributed by atoms with Gasteiger partial charge in [0, 0.05) is 5.02 Å². The summed E-state index contributed by atoms with van der Waals surface area (Å²) in [5, 5.41) is 0.823. The smallest absolute Gasteiger partial charge is 0.361 e. The molecular formula is C24H37Cl2NO2. The second kappa shape index (κ2) is 14.1. The van der Waals surface area contributed by atoms with E-state index in [0.29, 0.717) is 13.2 Å². The second-order valence-corrected chi connectivity index (χ2v) is 8.70. The van der Waals surface area contributed by atoms with Gasteiger partial charge in [-0.05, 0) is 56.7 Å². The summed E-state index contributed by atoms with van der Waals surface area (Å²) in [5.41, 5.74) is 2.47. The molecule has 1 saturated heterocycles. The number of likely N-dealkylation sites (tertiary alicyclic amines) is 1. The first-order chi connectivity index (χ1) is 13.5. The van der Waals surface area contributed by atoms with Gasteiger partial charge in [0.1, 0.15) is 0 Å². The summed E-state index contributed by atoms with van der Waals surface area (Å²) in [4.78, 5) is 12.5. The van der Waals surface area contributed by atoms with Gasteiger partial charge in [-0.25, -0.2) is 4.79 Å². The maximum absolute atomic E-state index is 12.5. The molecule has 3 nitrogen and oxygen atoms in total. The number of ether oxygens (including phenoxy) is 1. The normalized spacial score (nSPS) is 16.2. The van der Waals surface area contributed by atoms with E-state index in [1.807, 2.05) is 18.2 Å². The molecule has 5 heteroatoms. The van der Waals surface area contributed by atoms with Gasteiger partial charge in [-0.1, -0.05) is 61.6 Å². The van der Waals surface area contributed by atoms with E-state index in [9.17, 15) is 4.79 Å². The van der Waals surface area contributed by atoms with Gasteiger partial charge in [-0.3, -0.25) is 0 Å². The van der Waals surface area contributed by atoms with Gasteiger partial charge in [0.25, 0.3) is 0 Å². The van der Waals surface area contributed by atoms with Gasteiger partial charge in [0.05, 0.1) is 26.2 Å². The molecule has 29 heavy (non-hydrogen) atoms. The van der Waals surface area contributed by atoms with Gasteiger partial charge in [-0.15, -0.1) is 0 Å². The maximum atomic E-state index is 12.5. The molecule has 0 amide bonds. The number of esters is 1. The molecular weight excluding hydrogens is 405 g/mol. The fraction of sp³-hybridized carbons (Fsp3) is 0.625. The third-order valence-electron chi connectivity index (χ3n) is 5.74. The van der Waals surface area contributed by atoms with E-state index in [2.05, 4.69) is 26.0 Å². The number of halogens is 2. The van der Waals surface area contributed by atoms with Crippen LogP contribution in [-0.2, 0) is 16.0 Å². The average Bonchev–Trinajstić information content (AvgIpc) is 2.69. The number of carbonyl (C=O) groups excluding carboxylic acids is 1. The summed E-state index contributed by atoms with van der Waals surface area (Å²) in [6, 6.07) is 8.02. The molecule has 0 atom stereocenters. The highest BCUT2D eigenvalue weighted by molar-refractivity contribution is 6.31. The van der Waals surface area contributed by atoms with Crippen LogP contribution in [0.3, 0.4) is 0 Å². The Morgan fingerprint density at radius 1 is 1.14 bits per heavy atom. The summed E-state index contributed by atoms with van der Waals surface area (Å²) in [6.45, 7) is 8.47. The van der Waals surface area contributed by atoms with Crippen LogP contribution < -0.4 is 12.4 Å². The summed E-state index contributed by atoms with van der Waals surface area (Å²) < 4.78 is 6.38. The van der Waals surface area contributed by atoms with Gasteiger partial charge in [0.2, 0.25) is 0 Å². The fourth-order valence-corrected chi connectivity index (χ4v) is 4.19. The van der Waals surface area contributed by atoms with Crippen molar-refractivity contribution in [2.24, 2.45) is 0 Å². The highest BCUT2D eigenvalue weighted by Crippen LogP contribution is 2.22. The lowest BCUT2D eigenvalue weighted by atomic mass is 10.0. The van der Waals surface area contributed by atoms with Crippen LogP contribution in [0.2, 0.25) is 5.02 Å². The number of quaternary nitrogens is 1. The molecule has 164 valence electrons. The van der Waals surface area contributed by atoms with Crippen molar-refractivity contribution < 1.29 is 26.4 Å². The summed E-state index contributed by atoms with van der Waals surface area (Å²) >= 11 is 6.30. The third-order valence-corrected chi connectivity index (χ3v) is 6.11. The van der Waals surface area contributed by atoms with E-state index >= 15 is 0 Å². The molecule has 0 radical (unpaired) electrons. The number of carbonyl (C=O) groups is 1. The first-order valence-electron chi connectivity index (χ1n) is 10.9. The molecule has 0 aromatic heterocycles. The molecule has 0 bridgehead atoms. The molecule has 0 spiro atoms. The Balaban J connectivity index is 0.00000420. The zero-order valence-corrected chi connectivity index (χ0v) is 19.6. The Bertz CT molecular complexity index is 640. The average molecular weight is 442 g/mol. The van der Waals surface area contributed by atoms with E-state index in [1.165, 1.54) is 37.7 Å². The van der Waals surface area contributed by atoms with Crippen molar-refractivity contribution in [3.63, 3.8) is 0 Å². The summed E-state index contributed by atoms with van der Waals surface area (Å²) in [7, 11) is 0. The quantitative estimate of drug-likeness (QED) is 0.228. The Morgan fingerprint density at radius 2 is 1.86 bits per heavy atom. The van der Waals surface area contributed by atoms with Crippen LogP contribution in [0.5, 0.6) is 0 Å². The van der Waals surface area contributed by atoms with Crippen molar-refractivity contribution in [1.82, 2.24) is 0 Å². The minimum absolute atomic E-state index is 0. The first-order valence-corrected chi connectivity index (χ1v) is 11.3. The minimum atomic E-state index is -0.0319. The number of rotatable bonds is 11. The van der Waals surface area contributed by atoms with Gasteiger partial charge >= 0.3 is 5.97 Å². The van der Waals surface area contributed by atoms with Crippen LogP contribution >= 0.6 is 11.6 Å². The van der Waals surface area contributed by atoms with Crippen molar-refractivity contribution in [3.05, 3.63) is 46.5 Å². The Kier molecular flexibility index (Phi) is 12.6. The van der Waals surface area contributed by atoms with Gasteiger partial charge in [-0.2, -0.15) is 0 Å². The molecule has 0 unspecified atom stereocenters. The molecule has 1 aromatic carbocycles. The minimum Gasteiger partial charge on any atom is -1.00 e. The molecule has 1 heterocycles. The van der Waals surface area contributed by atoms with Gasteiger partial charge < -0.3 is 21.6 Å². The summed E-state index contributed by atoms with van der Waals surface area (Å²) in [6.07, 6.45) is 11.4. The van der Waals surface area contributed by atoms with E-state index in [1.54, 1.807) is 0 Å². The molecule has 0 N–H and O–H groups in total. The SMILES string of the molecule is CCCCCCOC(=O)C[N+]1(C/C=C(\C)Cc2ccccc2Cl)CCCCC1.[Cl-]. The predicted molar refractivity (Wildman–Crippen MR) is 118 cm³/mol. The number of piperidine rings is 1. The van der Waals surface area contributed by atoms with Crippen molar-refractivity contribution in [3.8, 4) is 0 Å². The van der Waals surface area contributed by atoms with Crippen molar-refractivity contribution in [2.75, 3.05) is 32.8 Å². The van der Waals surface area contributed by atoms with Crippen LogP contribution in [0.4, 0.5) is 0 Å². The molecule has 1 aromatic rings. The zero-order valence-electron chi connectivity index (χ0n) is 18.1. The molecule has 0 aliphatic carbocycles. The lowest BCUT2D eigenvalue weighted by Crippen LogP contribution is -3.00. The number of allylic oxidation sites excluding steroid dienone is 1. The number of hydrogen-bond donors (Lipinski definition) is 0. The van der Waals surface area contributed by atoms with Crippen LogP contribution in [0.1, 0.15) is 64.4 Å². The molecule has 1 aliphatic heterocycles. The predicted octanol–water partition coefficient (Wildman–Crippen LogP) is 2.96. The van der Waals surface area contributed by atoms with Crippen LogP contribution in [0.15, 0.2) is 35.9 Å². The zero-order chi connectivity index (χ0) is 20.2. The van der Waals surface area contributed by atoms with E-state index < -0.39 is 0 Å². The number of benzene rings is 1. The molecule has 1 fully saturated rings. The standard InChI is InChI=1S/C24H37ClNO2.ClH/c1-3-4-5-11-18-28-24(27)20-26(15-9-6-10-16-26)17-14-21(2)19-22-12-7-8-13-23(22)25;/h7-8,12-14H,3-6,9-11,15-20H2,1-2H3;1H/q+1;/p-1/b21-14+;. The Morgan fingerprint density at radius 3 is 2.55 bits per heavy atom. The Hall–Kier alpha value is -1.03. The van der Waals surface area contributed by atoms with Crippen molar-refractivity contribution in [2.45, 2.75) is 65.2 Å². The second-order valence-electron chi connectivity index (χ2n) is 8.29. The molecule has 2 rings (SSSR count). The van der Waals surface area contributed by atoms with E-state index in [4.69, 9.17) is 16.3 Å². The highest BCUT2D eigenvalue weighted by Gasteiger charge is 2.32.